The maximum Gasteiger partial charge on any atom is 0.0492 e. The summed E-state index contributed by atoms with van der Waals surface area (Å²) in [6.45, 7) is 5.67. The molecule has 4 nitrogen and oxygen atoms in total. The summed E-state index contributed by atoms with van der Waals surface area (Å²) in [7, 11) is 2.21. The van der Waals surface area contributed by atoms with Gasteiger partial charge in [-0.05, 0) is 18.7 Å². The van der Waals surface area contributed by atoms with Crippen LogP contribution in [0.5, 0.6) is 0 Å². The maximum absolute atomic E-state index is 4.25. The van der Waals surface area contributed by atoms with Gasteiger partial charge in [0.2, 0.25) is 0 Å². The van der Waals surface area contributed by atoms with E-state index in [1.54, 1.807) is 0 Å². The first kappa shape index (κ1) is 11.1. The fourth-order valence-electron chi connectivity index (χ4n) is 3.00. The van der Waals surface area contributed by atoms with Crippen LogP contribution in [0.1, 0.15) is 11.6 Å². The van der Waals surface area contributed by atoms with Gasteiger partial charge >= 0.3 is 0 Å². The molecule has 17 heavy (non-hydrogen) atoms. The summed E-state index contributed by atoms with van der Waals surface area (Å²) in [5.41, 5.74) is 1.34. The van der Waals surface area contributed by atoms with Crippen LogP contribution in [-0.2, 0) is 0 Å². The molecule has 2 unspecified atom stereocenters. The van der Waals surface area contributed by atoms with Gasteiger partial charge in [0.15, 0.2) is 0 Å². The summed E-state index contributed by atoms with van der Waals surface area (Å²) in [5.74, 6) is 0. The molecule has 0 bridgehead atoms. The van der Waals surface area contributed by atoms with Gasteiger partial charge in [0.1, 0.15) is 0 Å². The van der Waals surface area contributed by atoms with E-state index in [4.69, 9.17) is 0 Å². The van der Waals surface area contributed by atoms with Gasteiger partial charge in [-0.3, -0.25) is 9.88 Å². The third kappa shape index (κ3) is 2.20. The lowest BCUT2D eigenvalue weighted by molar-refractivity contribution is 0.0289. The Kier molecular flexibility index (Phi) is 3.09. The molecule has 0 spiro atoms. The van der Waals surface area contributed by atoms with Crippen LogP contribution in [0.25, 0.3) is 0 Å². The van der Waals surface area contributed by atoms with Crippen LogP contribution in [0, 0.1) is 0 Å². The van der Waals surface area contributed by atoms with Crippen molar-refractivity contribution in [2.45, 2.75) is 12.1 Å². The summed E-state index contributed by atoms with van der Waals surface area (Å²) in [5, 5.41) is 3.56. The van der Waals surface area contributed by atoms with Crippen molar-refractivity contribution in [2.24, 2.45) is 0 Å². The summed E-state index contributed by atoms with van der Waals surface area (Å²) < 4.78 is 0. The third-order valence-electron chi connectivity index (χ3n) is 3.92. The van der Waals surface area contributed by atoms with E-state index in [1.807, 2.05) is 18.5 Å². The highest BCUT2D eigenvalue weighted by atomic mass is 15.3. The van der Waals surface area contributed by atoms with Gasteiger partial charge < -0.3 is 10.2 Å². The van der Waals surface area contributed by atoms with Crippen molar-refractivity contribution in [1.82, 2.24) is 20.1 Å². The Morgan fingerprint density at radius 1 is 1.35 bits per heavy atom. The predicted octanol–water partition coefficient (Wildman–Crippen LogP) is 0.342. The number of piperazine rings is 2. The average molecular weight is 232 g/mol. The molecule has 1 aromatic heterocycles. The highest BCUT2D eigenvalue weighted by Gasteiger charge is 2.34. The number of rotatable bonds is 1. The van der Waals surface area contributed by atoms with Crippen LogP contribution < -0.4 is 5.32 Å². The van der Waals surface area contributed by atoms with Crippen molar-refractivity contribution in [3.8, 4) is 0 Å². The molecule has 1 aromatic rings. The zero-order valence-corrected chi connectivity index (χ0v) is 10.3. The van der Waals surface area contributed by atoms with E-state index < -0.39 is 0 Å². The number of likely N-dealkylation sites (N-methyl/N-ethyl adjacent to an activating group) is 1. The van der Waals surface area contributed by atoms with Crippen LogP contribution in [0.4, 0.5) is 0 Å². The lowest BCUT2D eigenvalue weighted by Crippen LogP contribution is -2.61. The number of pyridine rings is 1. The van der Waals surface area contributed by atoms with Gasteiger partial charge in [-0.1, -0.05) is 6.07 Å². The minimum absolute atomic E-state index is 0.496. The molecule has 1 N–H and O–H groups in total. The first-order valence-corrected chi connectivity index (χ1v) is 6.39. The van der Waals surface area contributed by atoms with Crippen LogP contribution in [0.3, 0.4) is 0 Å². The molecule has 2 aliphatic rings. The molecule has 2 aliphatic heterocycles. The third-order valence-corrected chi connectivity index (χ3v) is 3.92. The van der Waals surface area contributed by atoms with Crippen molar-refractivity contribution < 1.29 is 0 Å². The monoisotopic (exact) mass is 232 g/mol. The Morgan fingerprint density at radius 2 is 2.29 bits per heavy atom. The van der Waals surface area contributed by atoms with Gasteiger partial charge in [-0.25, -0.2) is 0 Å². The topological polar surface area (TPSA) is 31.4 Å². The van der Waals surface area contributed by atoms with Crippen molar-refractivity contribution in [3.63, 3.8) is 0 Å². The quantitative estimate of drug-likeness (QED) is 0.757. The molecule has 0 amide bonds. The molecule has 2 saturated heterocycles. The minimum Gasteiger partial charge on any atom is -0.313 e. The average Bonchev–Trinajstić information content (AvgIpc) is 2.39. The van der Waals surface area contributed by atoms with E-state index in [0.29, 0.717) is 12.1 Å². The Bertz CT molecular complexity index is 367. The second kappa shape index (κ2) is 4.72. The fraction of sp³-hybridized carbons (Fsp3) is 0.615. The van der Waals surface area contributed by atoms with Crippen LogP contribution >= 0.6 is 0 Å². The van der Waals surface area contributed by atoms with E-state index >= 15 is 0 Å². The summed E-state index contributed by atoms with van der Waals surface area (Å²) in [6, 6.07) is 5.37. The van der Waals surface area contributed by atoms with Crippen LogP contribution in [0.2, 0.25) is 0 Å². The normalized spacial score (nSPS) is 31.1. The van der Waals surface area contributed by atoms with E-state index in [2.05, 4.69) is 33.2 Å². The Morgan fingerprint density at radius 3 is 3.12 bits per heavy atom. The fourth-order valence-corrected chi connectivity index (χ4v) is 3.00. The van der Waals surface area contributed by atoms with Crippen LogP contribution in [0.15, 0.2) is 24.5 Å². The molecule has 0 aromatic carbocycles. The largest absolute Gasteiger partial charge is 0.313 e. The van der Waals surface area contributed by atoms with E-state index in [9.17, 15) is 0 Å². The first-order valence-electron chi connectivity index (χ1n) is 6.39. The van der Waals surface area contributed by atoms with Gasteiger partial charge in [-0.15, -0.1) is 0 Å². The Balaban J connectivity index is 1.81. The van der Waals surface area contributed by atoms with E-state index in [0.717, 1.165) is 13.1 Å². The van der Waals surface area contributed by atoms with E-state index in [-0.39, 0.29) is 0 Å². The molecule has 0 saturated carbocycles. The number of nitrogens with one attached hydrogen (secondary N) is 1. The molecule has 2 atom stereocenters. The summed E-state index contributed by atoms with van der Waals surface area (Å²) in [4.78, 5) is 9.32. The standard InChI is InChI=1S/C13H20N4/c1-16-5-6-17-12(10-16)8-15-9-13(17)11-3-2-4-14-7-11/h2-4,7,12-13,15H,5-6,8-10H2,1H3. The maximum atomic E-state index is 4.25. The molecule has 3 rings (SSSR count). The minimum atomic E-state index is 0.496. The van der Waals surface area contributed by atoms with Crippen molar-refractivity contribution >= 4 is 0 Å². The van der Waals surface area contributed by atoms with Crippen molar-refractivity contribution in [1.29, 1.82) is 0 Å². The number of nitrogens with zero attached hydrogens (tertiary/aromatic N) is 3. The highest BCUT2D eigenvalue weighted by Crippen LogP contribution is 2.26. The molecule has 0 radical (unpaired) electrons. The van der Waals surface area contributed by atoms with Crippen molar-refractivity contribution in [2.75, 3.05) is 39.8 Å². The predicted molar refractivity (Wildman–Crippen MR) is 67.8 cm³/mol. The van der Waals surface area contributed by atoms with Crippen molar-refractivity contribution in [3.05, 3.63) is 30.1 Å². The zero-order valence-electron chi connectivity index (χ0n) is 10.3. The molecule has 4 heteroatoms. The Hall–Kier alpha value is -0.970. The number of hydrogen-bond acceptors (Lipinski definition) is 4. The smallest absolute Gasteiger partial charge is 0.0492 e. The lowest BCUT2D eigenvalue weighted by atomic mass is 9.99. The second-order valence-electron chi connectivity index (χ2n) is 5.11. The molecule has 3 heterocycles. The number of aromatic nitrogens is 1. The summed E-state index contributed by atoms with van der Waals surface area (Å²) in [6.07, 6.45) is 3.86. The summed E-state index contributed by atoms with van der Waals surface area (Å²) >= 11 is 0. The van der Waals surface area contributed by atoms with Gasteiger partial charge in [0.05, 0.1) is 0 Å². The first-order chi connectivity index (χ1) is 8.34. The second-order valence-corrected chi connectivity index (χ2v) is 5.11. The Labute approximate surface area is 103 Å². The molecule has 92 valence electrons. The molecule has 2 fully saturated rings. The molecule has 0 aliphatic carbocycles. The number of hydrogen-bond donors (Lipinski definition) is 1. The van der Waals surface area contributed by atoms with Gasteiger partial charge in [0, 0.05) is 57.2 Å². The zero-order chi connectivity index (χ0) is 11.7. The van der Waals surface area contributed by atoms with E-state index in [1.165, 1.54) is 25.2 Å². The number of fused-ring (bicyclic) bond motifs is 1. The lowest BCUT2D eigenvalue weighted by Gasteiger charge is -2.47. The molecular formula is C13H20N4. The molecular weight excluding hydrogens is 212 g/mol. The van der Waals surface area contributed by atoms with Crippen LogP contribution in [-0.4, -0.2) is 60.6 Å². The SMILES string of the molecule is CN1CCN2C(CNCC2c2cccnc2)C1. The van der Waals surface area contributed by atoms with Gasteiger partial charge in [0.25, 0.3) is 0 Å². The van der Waals surface area contributed by atoms with Gasteiger partial charge in [-0.2, -0.15) is 0 Å². The highest BCUT2D eigenvalue weighted by molar-refractivity contribution is 5.16.